The van der Waals surface area contributed by atoms with Gasteiger partial charge in [0, 0.05) is 23.7 Å². The summed E-state index contributed by atoms with van der Waals surface area (Å²) in [5.74, 6) is 1.28. The first-order chi connectivity index (χ1) is 13.3. The van der Waals surface area contributed by atoms with Crippen molar-refractivity contribution in [2.75, 3.05) is 7.11 Å². The van der Waals surface area contributed by atoms with Crippen LogP contribution in [0.4, 0.5) is 0 Å². The van der Waals surface area contributed by atoms with E-state index in [4.69, 9.17) is 9.47 Å². The van der Waals surface area contributed by atoms with Gasteiger partial charge in [0.25, 0.3) is 0 Å². The first-order valence-corrected chi connectivity index (χ1v) is 9.74. The van der Waals surface area contributed by atoms with Crippen molar-refractivity contribution in [1.82, 2.24) is 4.98 Å². The van der Waals surface area contributed by atoms with Crippen LogP contribution in [0.3, 0.4) is 0 Å². The highest BCUT2D eigenvalue weighted by Crippen LogP contribution is 2.45. The first kappa shape index (κ1) is 17.6. The van der Waals surface area contributed by atoms with Gasteiger partial charge in [-0.1, -0.05) is 30.3 Å². The lowest BCUT2D eigenvalue weighted by Crippen LogP contribution is -2.05. The fourth-order valence-corrected chi connectivity index (χ4v) is 4.52. The van der Waals surface area contributed by atoms with E-state index in [1.165, 1.54) is 12.7 Å². The summed E-state index contributed by atoms with van der Waals surface area (Å²) in [5.41, 5.74) is 5.07. The Morgan fingerprint density at radius 1 is 1.19 bits per heavy atom. The zero-order valence-electron chi connectivity index (χ0n) is 14.9. The van der Waals surface area contributed by atoms with Crippen molar-refractivity contribution in [2.24, 2.45) is 0 Å². The molecule has 2 heterocycles. The summed E-state index contributed by atoms with van der Waals surface area (Å²) < 4.78 is 10.9. The SMILES string of the molecule is COC(=O)c1ccc2c(c1)C(SCc1cccnc1)c1ccccc1CO2. The lowest BCUT2D eigenvalue weighted by Gasteiger charge is -2.19. The fraction of sp³-hybridized carbons (Fsp3) is 0.182. The average molecular weight is 377 g/mol. The minimum absolute atomic E-state index is 0.0588. The van der Waals surface area contributed by atoms with Crippen LogP contribution in [0, 0.1) is 0 Å². The van der Waals surface area contributed by atoms with Crippen LogP contribution in [0.2, 0.25) is 0 Å². The maximum absolute atomic E-state index is 12.0. The lowest BCUT2D eigenvalue weighted by atomic mass is 9.98. The molecule has 1 aromatic heterocycles. The second-order valence-corrected chi connectivity index (χ2v) is 7.38. The van der Waals surface area contributed by atoms with Crippen LogP contribution in [0.5, 0.6) is 5.75 Å². The molecule has 3 aromatic rings. The third-order valence-electron chi connectivity index (χ3n) is 4.57. The van der Waals surface area contributed by atoms with E-state index in [9.17, 15) is 4.79 Å². The Morgan fingerprint density at radius 3 is 2.89 bits per heavy atom. The number of thioether (sulfide) groups is 1. The van der Waals surface area contributed by atoms with E-state index in [-0.39, 0.29) is 11.2 Å². The number of esters is 1. The molecule has 1 aliphatic heterocycles. The quantitative estimate of drug-likeness (QED) is 0.612. The zero-order chi connectivity index (χ0) is 18.6. The van der Waals surface area contributed by atoms with E-state index in [1.54, 1.807) is 24.0 Å². The minimum Gasteiger partial charge on any atom is -0.489 e. The molecule has 27 heavy (non-hydrogen) atoms. The van der Waals surface area contributed by atoms with Gasteiger partial charge in [-0.05, 0) is 41.0 Å². The van der Waals surface area contributed by atoms with E-state index < -0.39 is 0 Å². The minimum atomic E-state index is -0.341. The molecule has 0 fully saturated rings. The van der Waals surface area contributed by atoms with Gasteiger partial charge in [0.05, 0.1) is 17.9 Å². The van der Waals surface area contributed by atoms with Crippen molar-refractivity contribution in [3.63, 3.8) is 0 Å². The lowest BCUT2D eigenvalue weighted by molar-refractivity contribution is 0.0600. The number of hydrogen-bond acceptors (Lipinski definition) is 5. The Bertz CT molecular complexity index is 959. The number of hydrogen-bond donors (Lipinski definition) is 0. The van der Waals surface area contributed by atoms with Crippen molar-refractivity contribution in [1.29, 1.82) is 0 Å². The number of methoxy groups -OCH3 is 1. The molecule has 2 aromatic carbocycles. The maximum Gasteiger partial charge on any atom is 0.337 e. The van der Waals surface area contributed by atoms with Gasteiger partial charge in [0.15, 0.2) is 0 Å². The number of aromatic nitrogens is 1. The van der Waals surface area contributed by atoms with Crippen LogP contribution in [0.15, 0.2) is 67.0 Å². The monoisotopic (exact) mass is 377 g/mol. The number of carbonyl (C=O) groups excluding carboxylic acids is 1. The molecule has 136 valence electrons. The van der Waals surface area contributed by atoms with Crippen molar-refractivity contribution in [3.05, 3.63) is 94.8 Å². The molecule has 0 N–H and O–H groups in total. The summed E-state index contributed by atoms with van der Waals surface area (Å²) in [6, 6.07) is 17.8. The van der Waals surface area contributed by atoms with Crippen molar-refractivity contribution < 1.29 is 14.3 Å². The number of rotatable bonds is 4. The van der Waals surface area contributed by atoms with Gasteiger partial charge in [0.1, 0.15) is 12.4 Å². The Labute approximate surface area is 162 Å². The summed E-state index contributed by atoms with van der Waals surface area (Å²) in [6.45, 7) is 0.519. The number of pyridine rings is 1. The molecule has 1 aliphatic rings. The number of ether oxygens (including phenoxy) is 2. The van der Waals surface area contributed by atoms with Gasteiger partial charge in [-0.2, -0.15) is 0 Å². The molecule has 4 rings (SSSR count). The molecule has 0 amide bonds. The molecular weight excluding hydrogens is 358 g/mol. The largest absolute Gasteiger partial charge is 0.489 e. The van der Waals surface area contributed by atoms with E-state index >= 15 is 0 Å². The highest BCUT2D eigenvalue weighted by Gasteiger charge is 2.26. The van der Waals surface area contributed by atoms with E-state index in [1.807, 2.05) is 36.5 Å². The Hall–Kier alpha value is -2.79. The first-order valence-electron chi connectivity index (χ1n) is 8.69. The molecule has 0 aliphatic carbocycles. The smallest absolute Gasteiger partial charge is 0.337 e. The molecule has 0 spiro atoms. The third kappa shape index (κ3) is 3.69. The van der Waals surface area contributed by atoms with Crippen LogP contribution in [-0.2, 0) is 17.1 Å². The normalized spacial score (nSPS) is 15.1. The van der Waals surface area contributed by atoms with Gasteiger partial charge in [-0.3, -0.25) is 4.98 Å². The Kier molecular flexibility index (Phi) is 5.12. The number of nitrogens with zero attached hydrogens (tertiary/aromatic N) is 1. The standard InChI is InChI=1S/C22H19NO3S/c1-25-22(24)16-8-9-20-19(11-16)21(27-14-15-5-4-10-23-12-15)18-7-3-2-6-17(18)13-26-20/h2-12,21H,13-14H2,1H3. The summed E-state index contributed by atoms with van der Waals surface area (Å²) in [6.07, 6.45) is 3.67. The topological polar surface area (TPSA) is 48.4 Å². The second kappa shape index (κ2) is 7.84. The summed E-state index contributed by atoms with van der Waals surface area (Å²) in [7, 11) is 1.40. The van der Waals surface area contributed by atoms with Crippen molar-refractivity contribution >= 4 is 17.7 Å². The van der Waals surface area contributed by atoms with Crippen LogP contribution in [-0.4, -0.2) is 18.1 Å². The van der Waals surface area contributed by atoms with Crippen LogP contribution >= 0.6 is 11.8 Å². The molecule has 1 atom stereocenters. The van der Waals surface area contributed by atoms with Crippen LogP contribution < -0.4 is 4.74 Å². The Balaban J connectivity index is 1.76. The van der Waals surface area contributed by atoms with E-state index in [2.05, 4.69) is 23.2 Å². The molecular formula is C22H19NO3S. The number of carbonyl (C=O) groups is 1. The number of benzene rings is 2. The maximum atomic E-state index is 12.0. The molecule has 0 radical (unpaired) electrons. The van der Waals surface area contributed by atoms with Gasteiger partial charge >= 0.3 is 5.97 Å². The predicted molar refractivity (Wildman–Crippen MR) is 106 cm³/mol. The van der Waals surface area contributed by atoms with Gasteiger partial charge in [0.2, 0.25) is 0 Å². The van der Waals surface area contributed by atoms with Crippen molar-refractivity contribution in [2.45, 2.75) is 17.6 Å². The average Bonchev–Trinajstić information content (AvgIpc) is 2.88. The highest BCUT2D eigenvalue weighted by atomic mass is 32.2. The highest BCUT2D eigenvalue weighted by molar-refractivity contribution is 7.99. The van der Waals surface area contributed by atoms with E-state index in [0.717, 1.165) is 28.2 Å². The third-order valence-corrected chi connectivity index (χ3v) is 5.91. The summed E-state index contributed by atoms with van der Waals surface area (Å²) in [5, 5.41) is 0.0588. The van der Waals surface area contributed by atoms with Gasteiger partial charge < -0.3 is 9.47 Å². The van der Waals surface area contributed by atoms with Gasteiger partial charge in [-0.25, -0.2) is 4.79 Å². The van der Waals surface area contributed by atoms with Crippen LogP contribution in [0.25, 0.3) is 0 Å². The van der Waals surface area contributed by atoms with Crippen LogP contribution in [0.1, 0.15) is 37.9 Å². The zero-order valence-corrected chi connectivity index (χ0v) is 15.7. The molecule has 0 saturated heterocycles. The predicted octanol–water partition coefficient (Wildman–Crippen LogP) is 4.78. The summed E-state index contributed by atoms with van der Waals surface area (Å²) in [4.78, 5) is 16.2. The van der Waals surface area contributed by atoms with Crippen molar-refractivity contribution in [3.8, 4) is 5.75 Å². The molecule has 0 saturated carbocycles. The van der Waals surface area contributed by atoms with Gasteiger partial charge in [-0.15, -0.1) is 11.8 Å². The number of fused-ring (bicyclic) bond motifs is 2. The summed E-state index contributed by atoms with van der Waals surface area (Å²) >= 11 is 1.81. The fourth-order valence-electron chi connectivity index (χ4n) is 3.22. The second-order valence-electron chi connectivity index (χ2n) is 6.28. The molecule has 0 bridgehead atoms. The molecule has 1 unspecified atom stereocenters. The van der Waals surface area contributed by atoms with E-state index in [0.29, 0.717) is 12.2 Å². The Morgan fingerprint density at radius 2 is 2.07 bits per heavy atom. The molecule has 4 nitrogen and oxygen atoms in total. The molecule has 5 heteroatoms.